The molecule has 0 fully saturated rings. The molecule has 2 aromatic carbocycles. The molecule has 4 N–H and O–H groups in total. The minimum Gasteiger partial charge on any atom is -0.345 e. The molecule has 0 aliphatic carbocycles. The van der Waals surface area contributed by atoms with Crippen molar-refractivity contribution in [3.8, 4) is 0 Å². The molecule has 7 heteroatoms. The van der Waals surface area contributed by atoms with Crippen LogP contribution in [0.4, 0.5) is 21.9 Å². The van der Waals surface area contributed by atoms with Gasteiger partial charge < -0.3 is 20.9 Å². The van der Waals surface area contributed by atoms with Crippen molar-refractivity contribution in [3.63, 3.8) is 0 Å². The number of H-pyrrole nitrogens is 1. The number of hydrogen-bond donors (Lipinski definition) is 4. The van der Waals surface area contributed by atoms with Gasteiger partial charge in [0.25, 0.3) is 0 Å². The average molecular weight is 309 g/mol. The molecule has 116 valence electrons. The van der Waals surface area contributed by atoms with Crippen LogP contribution in [-0.4, -0.2) is 21.9 Å². The Balaban J connectivity index is 1.63. The van der Waals surface area contributed by atoms with Gasteiger partial charge in [-0.15, -0.1) is 0 Å². The van der Waals surface area contributed by atoms with Crippen LogP contribution in [0.5, 0.6) is 0 Å². The van der Waals surface area contributed by atoms with E-state index in [-0.39, 0.29) is 11.9 Å². The number of rotatable bonds is 3. The zero-order valence-electron chi connectivity index (χ0n) is 12.4. The molecule has 1 heterocycles. The zero-order valence-corrected chi connectivity index (χ0v) is 12.4. The molecule has 0 aliphatic heterocycles. The van der Waals surface area contributed by atoms with Crippen LogP contribution in [0, 0.1) is 0 Å². The summed E-state index contributed by atoms with van der Waals surface area (Å²) in [5.74, 6) is -0.141. The van der Waals surface area contributed by atoms with Crippen molar-refractivity contribution in [2.24, 2.45) is 0 Å². The van der Waals surface area contributed by atoms with E-state index in [1.54, 1.807) is 36.7 Å². The standard InChI is InChI=1S/C16H15N5O2/c1-10(22)19-11-2-4-12(5-3-11)20-16(23)21-13-6-7-14-15(8-13)18-9-17-14/h2-9H,1H3,(H,17,18)(H,19,22)(H2,20,21,23). The molecule has 3 amide bonds. The normalized spacial score (nSPS) is 10.3. The fraction of sp³-hybridized carbons (Fsp3) is 0.0625. The Morgan fingerprint density at radius 1 is 0.913 bits per heavy atom. The largest absolute Gasteiger partial charge is 0.345 e. The SMILES string of the molecule is CC(=O)Nc1ccc(NC(=O)Nc2ccc3nc[nH]c3c2)cc1. The molecule has 23 heavy (non-hydrogen) atoms. The molecule has 0 aliphatic rings. The van der Waals surface area contributed by atoms with E-state index in [0.29, 0.717) is 17.1 Å². The van der Waals surface area contributed by atoms with Gasteiger partial charge in [-0.2, -0.15) is 0 Å². The predicted octanol–water partition coefficient (Wildman–Crippen LogP) is 3.17. The van der Waals surface area contributed by atoms with Crippen LogP contribution >= 0.6 is 0 Å². The molecule has 0 radical (unpaired) electrons. The number of imidazole rings is 1. The van der Waals surface area contributed by atoms with Crippen LogP contribution in [-0.2, 0) is 4.79 Å². The molecule has 0 saturated heterocycles. The van der Waals surface area contributed by atoms with E-state index >= 15 is 0 Å². The summed E-state index contributed by atoms with van der Waals surface area (Å²) in [4.78, 5) is 30.1. The van der Waals surface area contributed by atoms with Crippen molar-refractivity contribution >= 4 is 40.0 Å². The van der Waals surface area contributed by atoms with Gasteiger partial charge in [-0.05, 0) is 42.5 Å². The highest BCUT2D eigenvalue weighted by Gasteiger charge is 2.05. The van der Waals surface area contributed by atoms with Gasteiger partial charge in [0.1, 0.15) is 0 Å². The number of nitrogens with zero attached hydrogens (tertiary/aromatic N) is 1. The van der Waals surface area contributed by atoms with E-state index in [4.69, 9.17) is 0 Å². The van der Waals surface area contributed by atoms with Crippen molar-refractivity contribution in [3.05, 3.63) is 48.8 Å². The minimum absolute atomic E-state index is 0.141. The highest BCUT2D eigenvalue weighted by atomic mass is 16.2. The first-order valence-corrected chi connectivity index (χ1v) is 6.99. The van der Waals surface area contributed by atoms with Crippen molar-refractivity contribution in [2.45, 2.75) is 6.92 Å². The van der Waals surface area contributed by atoms with Crippen LogP contribution in [0.15, 0.2) is 48.8 Å². The number of urea groups is 1. The lowest BCUT2D eigenvalue weighted by atomic mass is 10.2. The lowest BCUT2D eigenvalue weighted by Crippen LogP contribution is -2.19. The summed E-state index contributed by atoms with van der Waals surface area (Å²) in [7, 11) is 0. The van der Waals surface area contributed by atoms with Crippen molar-refractivity contribution < 1.29 is 9.59 Å². The van der Waals surface area contributed by atoms with Gasteiger partial charge in [0.2, 0.25) is 5.91 Å². The molecule has 0 unspecified atom stereocenters. The summed E-state index contributed by atoms with van der Waals surface area (Å²) in [6.45, 7) is 1.44. The van der Waals surface area contributed by atoms with E-state index in [1.165, 1.54) is 6.92 Å². The number of carbonyl (C=O) groups excluding carboxylic acids is 2. The summed E-state index contributed by atoms with van der Waals surface area (Å²) in [6, 6.07) is 11.9. The maximum Gasteiger partial charge on any atom is 0.323 e. The first-order valence-electron chi connectivity index (χ1n) is 6.99. The van der Waals surface area contributed by atoms with Crippen molar-refractivity contribution in [1.29, 1.82) is 0 Å². The number of nitrogens with one attached hydrogen (secondary N) is 4. The van der Waals surface area contributed by atoms with Gasteiger partial charge in [-0.1, -0.05) is 0 Å². The Hall–Kier alpha value is -3.35. The number of carbonyl (C=O) groups is 2. The van der Waals surface area contributed by atoms with E-state index < -0.39 is 0 Å². The van der Waals surface area contributed by atoms with Crippen LogP contribution < -0.4 is 16.0 Å². The maximum absolute atomic E-state index is 12.0. The molecule has 0 saturated carbocycles. The number of benzene rings is 2. The smallest absolute Gasteiger partial charge is 0.323 e. The Morgan fingerprint density at radius 3 is 2.22 bits per heavy atom. The zero-order chi connectivity index (χ0) is 16.2. The fourth-order valence-corrected chi connectivity index (χ4v) is 2.15. The Labute approximate surface area is 132 Å². The Morgan fingerprint density at radius 2 is 1.52 bits per heavy atom. The minimum atomic E-state index is -0.351. The quantitative estimate of drug-likeness (QED) is 0.598. The highest BCUT2D eigenvalue weighted by Crippen LogP contribution is 2.17. The predicted molar refractivity (Wildman–Crippen MR) is 89.5 cm³/mol. The number of aromatic amines is 1. The molecule has 3 aromatic rings. The monoisotopic (exact) mass is 309 g/mol. The van der Waals surface area contributed by atoms with E-state index in [0.717, 1.165) is 11.0 Å². The lowest BCUT2D eigenvalue weighted by Gasteiger charge is -2.08. The van der Waals surface area contributed by atoms with Crippen LogP contribution in [0.2, 0.25) is 0 Å². The van der Waals surface area contributed by atoms with Crippen molar-refractivity contribution in [2.75, 3.05) is 16.0 Å². The maximum atomic E-state index is 12.0. The summed E-state index contributed by atoms with van der Waals surface area (Å²) in [5.41, 5.74) is 3.65. The third-order valence-corrected chi connectivity index (χ3v) is 3.14. The molecule has 0 spiro atoms. The van der Waals surface area contributed by atoms with Crippen LogP contribution in [0.25, 0.3) is 11.0 Å². The summed E-state index contributed by atoms with van der Waals surface area (Å²) >= 11 is 0. The number of hydrogen-bond acceptors (Lipinski definition) is 3. The van der Waals surface area contributed by atoms with Gasteiger partial charge in [0.05, 0.1) is 17.4 Å². The first kappa shape index (κ1) is 14.6. The molecular formula is C16H15N5O2. The van der Waals surface area contributed by atoms with E-state index in [2.05, 4.69) is 25.9 Å². The van der Waals surface area contributed by atoms with Crippen LogP contribution in [0.1, 0.15) is 6.92 Å². The summed E-state index contributed by atoms with van der Waals surface area (Å²) in [5, 5.41) is 8.14. The Bertz CT molecular complexity index is 854. The number of fused-ring (bicyclic) bond motifs is 1. The molecular weight excluding hydrogens is 294 g/mol. The second-order valence-corrected chi connectivity index (χ2v) is 4.97. The average Bonchev–Trinajstić information content (AvgIpc) is 2.96. The van der Waals surface area contributed by atoms with Crippen molar-refractivity contribution in [1.82, 2.24) is 9.97 Å². The second-order valence-electron chi connectivity index (χ2n) is 4.97. The molecule has 3 rings (SSSR count). The van der Waals surface area contributed by atoms with Crippen LogP contribution in [0.3, 0.4) is 0 Å². The highest BCUT2D eigenvalue weighted by molar-refractivity contribution is 6.01. The van der Waals surface area contributed by atoms with Gasteiger partial charge in [-0.25, -0.2) is 9.78 Å². The second kappa shape index (κ2) is 6.18. The van der Waals surface area contributed by atoms with E-state index in [1.807, 2.05) is 12.1 Å². The molecule has 0 atom stereocenters. The molecule has 1 aromatic heterocycles. The van der Waals surface area contributed by atoms with Gasteiger partial charge >= 0.3 is 6.03 Å². The molecule has 0 bridgehead atoms. The lowest BCUT2D eigenvalue weighted by molar-refractivity contribution is -0.114. The topological polar surface area (TPSA) is 98.9 Å². The van der Waals surface area contributed by atoms with Gasteiger partial charge in [-0.3, -0.25) is 4.79 Å². The summed E-state index contributed by atoms with van der Waals surface area (Å²) in [6.07, 6.45) is 1.60. The fourth-order valence-electron chi connectivity index (χ4n) is 2.15. The number of anilines is 3. The van der Waals surface area contributed by atoms with Gasteiger partial charge in [0, 0.05) is 24.0 Å². The third kappa shape index (κ3) is 3.65. The summed E-state index contributed by atoms with van der Waals surface area (Å²) < 4.78 is 0. The van der Waals surface area contributed by atoms with E-state index in [9.17, 15) is 9.59 Å². The van der Waals surface area contributed by atoms with Gasteiger partial charge in [0.15, 0.2) is 0 Å². The number of amides is 3. The molecule has 7 nitrogen and oxygen atoms in total. The first-order chi connectivity index (χ1) is 11.1. The number of aromatic nitrogens is 2. The third-order valence-electron chi connectivity index (χ3n) is 3.14. The Kier molecular flexibility index (Phi) is 3.92.